The summed E-state index contributed by atoms with van der Waals surface area (Å²) >= 11 is 0. The number of hydrogen-bond acceptors (Lipinski definition) is 8. The second kappa shape index (κ2) is 8.68. The number of nitrogen functional groups attached to an aromatic ring is 1. The Kier molecular flexibility index (Phi) is 6.17. The van der Waals surface area contributed by atoms with Crippen LogP contribution in [0.2, 0.25) is 0 Å². The van der Waals surface area contributed by atoms with Gasteiger partial charge < -0.3 is 15.4 Å². The first-order valence-corrected chi connectivity index (χ1v) is 12.8. The summed E-state index contributed by atoms with van der Waals surface area (Å²) < 4.78 is 48.3. The Morgan fingerprint density at radius 1 is 1.29 bits per heavy atom. The number of carbonyl (C=O) groups is 1. The quantitative estimate of drug-likeness (QED) is 0.605. The van der Waals surface area contributed by atoms with Crippen molar-refractivity contribution in [1.82, 2.24) is 14.7 Å². The maximum atomic E-state index is 15.0. The second-order valence-electron chi connectivity index (χ2n) is 9.64. The van der Waals surface area contributed by atoms with Crippen molar-refractivity contribution in [2.24, 2.45) is 11.8 Å². The third-order valence-electron chi connectivity index (χ3n) is 6.94. The number of pyridine rings is 2. The Bertz CT molecular complexity index is 1220. The van der Waals surface area contributed by atoms with Crippen LogP contribution in [-0.4, -0.2) is 42.5 Å². The third kappa shape index (κ3) is 4.66. The molecule has 4 rings (SSSR count). The lowest BCUT2D eigenvalue weighted by molar-refractivity contribution is 0.0980. The summed E-state index contributed by atoms with van der Waals surface area (Å²) in [5, 5.41) is -0.413. The Balaban J connectivity index is 1.73. The number of ether oxygens (including phenoxy) is 1. The molecule has 2 aromatic rings. The van der Waals surface area contributed by atoms with E-state index in [9.17, 15) is 13.2 Å². The summed E-state index contributed by atoms with van der Waals surface area (Å²) in [6.45, 7) is 8.56. The van der Waals surface area contributed by atoms with Crippen LogP contribution in [0.3, 0.4) is 0 Å². The molecule has 3 heterocycles. The topological polar surface area (TPSA) is 128 Å². The van der Waals surface area contributed by atoms with E-state index in [1.54, 1.807) is 0 Å². The lowest BCUT2D eigenvalue weighted by Gasteiger charge is -2.36. The molecule has 34 heavy (non-hydrogen) atoms. The number of rotatable bonds is 7. The number of nitrogens with zero attached hydrogens (tertiary/aromatic N) is 3. The van der Waals surface area contributed by atoms with E-state index in [1.807, 2.05) is 30.4 Å². The first-order valence-electron chi connectivity index (χ1n) is 11.3. The highest BCUT2D eigenvalue weighted by molar-refractivity contribution is 7.90. The summed E-state index contributed by atoms with van der Waals surface area (Å²) in [5.74, 6) is -1.24. The van der Waals surface area contributed by atoms with E-state index in [0.29, 0.717) is 12.5 Å². The van der Waals surface area contributed by atoms with Gasteiger partial charge in [-0.3, -0.25) is 4.79 Å². The van der Waals surface area contributed by atoms with Gasteiger partial charge in [0, 0.05) is 12.1 Å². The van der Waals surface area contributed by atoms with E-state index in [0.717, 1.165) is 25.3 Å². The van der Waals surface area contributed by atoms with Gasteiger partial charge in [0.1, 0.15) is 17.7 Å². The molecule has 1 amide bonds. The number of amides is 1. The fraction of sp³-hybridized carbons (Fsp3) is 0.522. The smallest absolute Gasteiger partial charge is 0.281 e. The van der Waals surface area contributed by atoms with E-state index in [2.05, 4.69) is 16.9 Å². The average Bonchev–Trinajstić information content (AvgIpc) is 3.56. The third-order valence-corrected chi connectivity index (χ3v) is 8.17. The van der Waals surface area contributed by atoms with Crippen LogP contribution in [0.5, 0.6) is 5.88 Å². The number of carbonyl (C=O) groups excluding carboxylic acids is 1. The first kappa shape index (κ1) is 24.2. The lowest BCUT2D eigenvalue weighted by Crippen LogP contribution is -2.44. The van der Waals surface area contributed by atoms with Gasteiger partial charge >= 0.3 is 0 Å². The van der Waals surface area contributed by atoms with Gasteiger partial charge in [0.25, 0.3) is 21.8 Å². The van der Waals surface area contributed by atoms with Gasteiger partial charge in [-0.15, -0.1) is 0 Å². The average molecular weight is 492 g/mol. The summed E-state index contributed by atoms with van der Waals surface area (Å²) in [6.07, 6.45) is 2.66. The van der Waals surface area contributed by atoms with E-state index in [1.165, 1.54) is 18.2 Å². The van der Waals surface area contributed by atoms with Gasteiger partial charge in [0.15, 0.2) is 10.8 Å². The summed E-state index contributed by atoms with van der Waals surface area (Å²) in [7, 11) is -4.35. The Hall–Kier alpha value is -2.95. The number of hydrogen-bond donors (Lipinski definition) is 2. The largest absolute Gasteiger partial charge is 0.472 e. The minimum absolute atomic E-state index is 0.0113. The zero-order chi connectivity index (χ0) is 24.8. The van der Waals surface area contributed by atoms with Crippen molar-refractivity contribution in [3.8, 4) is 5.88 Å². The number of halogens is 1. The van der Waals surface area contributed by atoms with Gasteiger partial charge in [0.05, 0.1) is 5.56 Å². The number of sulfonamides is 1. The first-order chi connectivity index (χ1) is 15.9. The molecule has 9 nitrogen and oxygen atoms in total. The molecule has 11 heteroatoms. The molecule has 0 bridgehead atoms. The van der Waals surface area contributed by atoms with E-state index in [-0.39, 0.29) is 35.1 Å². The summed E-state index contributed by atoms with van der Waals surface area (Å²) in [6, 6.07) is 5.05. The van der Waals surface area contributed by atoms with Crippen LogP contribution in [0.4, 0.5) is 16.0 Å². The zero-order valence-corrected chi connectivity index (χ0v) is 20.5. The van der Waals surface area contributed by atoms with Crippen LogP contribution in [0.1, 0.15) is 57.3 Å². The minimum atomic E-state index is -4.35. The van der Waals surface area contributed by atoms with Crippen LogP contribution in [0.25, 0.3) is 0 Å². The van der Waals surface area contributed by atoms with Crippen molar-refractivity contribution in [3.63, 3.8) is 0 Å². The van der Waals surface area contributed by atoms with E-state index >= 15 is 4.39 Å². The van der Waals surface area contributed by atoms with Crippen molar-refractivity contribution in [1.29, 1.82) is 0 Å². The Labute approximate surface area is 199 Å². The fourth-order valence-corrected chi connectivity index (χ4v) is 5.12. The van der Waals surface area contributed by atoms with E-state index < -0.39 is 32.3 Å². The Morgan fingerprint density at radius 2 is 2.00 bits per heavy atom. The molecule has 0 aromatic carbocycles. The van der Waals surface area contributed by atoms with Crippen LogP contribution < -0.4 is 20.1 Å². The molecular formula is C23H30FN5O4S. The van der Waals surface area contributed by atoms with Gasteiger partial charge in [-0.2, -0.15) is 13.4 Å². The molecule has 1 saturated heterocycles. The van der Waals surface area contributed by atoms with Gasteiger partial charge in [-0.1, -0.05) is 13.0 Å². The highest BCUT2D eigenvalue weighted by Gasteiger charge is 2.42. The maximum absolute atomic E-state index is 15.0. The summed E-state index contributed by atoms with van der Waals surface area (Å²) in [4.78, 5) is 23.3. The lowest BCUT2D eigenvalue weighted by atomic mass is 9.90. The molecular weight excluding hydrogens is 461 g/mol. The molecule has 2 unspecified atom stereocenters. The number of aromatic nitrogens is 2. The SMILES string of the molecule is CC(Oc1nc(N2CCC(C)C2(C)C)c(C(=O)NS(=O)(=O)c2cccc(N)n2)cc1F)C1CC1. The van der Waals surface area contributed by atoms with Crippen molar-refractivity contribution in [2.45, 2.75) is 63.6 Å². The second-order valence-corrected chi connectivity index (χ2v) is 11.3. The fourth-order valence-electron chi connectivity index (χ4n) is 4.18. The van der Waals surface area contributed by atoms with Crippen LogP contribution in [0, 0.1) is 17.7 Å². The standard InChI is InChI=1S/C23H30FN5O4S/c1-13-10-11-29(23(13,3)4)20-16(12-17(24)22(27-20)33-14(2)15-8-9-15)21(30)28-34(31,32)19-7-5-6-18(25)26-19/h5-7,12-15H,8-11H2,1-4H3,(H2,25,26)(H,28,30). The predicted octanol–water partition coefficient (Wildman–Crippen LogP) is 3.12. The van der Waals surface area contributed by atoms with Crippen LogP contribution in [0.15, 0.2) is 29.3 Å². The highest BCUT2D eigenvalue weighted by Crippen LogP contribution is 2.40. The molecule has 1 aliphatic heterocycles. The van der Waals surface area contributed by atoms with E-state index in [4.69, 9.17) is 10.5 Å². The predicted molar refractivity (Wildman–Crippen MR) is 126 cm³/mol. The molecule has 2 fully saturated rings. The Morgan fingerprint density at radius 3 is 2.59 bits per heavy atom. The molecule has 184 valence electrons. The van der Waals surface area contributed by atoms with Gasteiger partial charge in [-0.05, 0) is 70.1 Å². The van der Waals surface area contributed by atoms with Crippen molar-refractivity contribution < 1.29 is 22.3 Å². The molecule has 3 N–H and O–H groups in total. The highest BCUT2D eigenvalue weighted by atomic mass is 32.2. The molecule has 0 spiro atoms. The summed E-state index contributed by atoms with van der Waals surface area (Å²) in [5.41, 5.74) is 4.99. The minimum Gasteiger partial charge on any atom is -0.472 e. The molecule has 2 aromatic heterocycles. The van der Waals surface area contributed by atoms with Gasteiger partial charge in [0.2, 0.25) is 0 Å². The molecule has 2 aliphatic rings. The number of anilines is 2. The maximum Gasteiger partial charge on any atom is 0.281 e. The number of nitrogens with two attached hydrogens (primary N) is 1. The molecule has 0 radical (unpaired) electrons. The van der Waals surface area contributed by atoms with Gasteiger partial charge in [-0.25, -0.2) is 14.1 Å². The molecule has 1 aliphatic carbocycles. The molecule has 1 saturated carbocycles. The van der Waals surface area contributed by atoms with Crippen molar-refractivity contribution in [3.05, 3.63) is 35.6 Å². The zero-order valence-electron chi connectivity index (χ0n) is 19.7. The monoisotopic (exact) mass is 491 g/mol. The van der Waals surface area contributed by atoms with Crippen molar-refractivity contribution >= 4 is 27.6 Å². The van der Waals surface area contributed by atoms with Crippen LogP contribution in [-0.2, 0) is 10.0 Å². The van der Waals surface area contributed by atoms with Crippen LogP contribution >= 0.6 is 0 Å². The normalized spacial score (nSPS) is 20.7. The van der Waals surface area contributed by atoms with Crippen molar-refractivity contribution in [2.75, 3.05) is 17.2 Å². The number of nitrogens with one attached hydrogen (secondary N) is 1. The molecule has 2 atom stereocenters.